The minimum absolute atomic E-state index is 0.607. The molecule has 0 unspecified atom stereocenters. The molecule has 0 atom stereocenters. The first-order chi connectivity index (χ1) is 8.27. The van der Waals surface area contributed by atoms with Crippen molar-refractivity contribution in [2.24, 2.45) is 0 Å². The fraction of sp³-hybridized carbons (Fsp3) is 0.571. The topological polar surface area (TPSA) is 30.5 Å². The molecule has 0 bridgehead atoms. The average Bonchev–Trinajstić information content (AvgIpc) is 2.39. The summed E-state index contributed by atoms with van der Waals surface area (Å²) in [5, 5.41) is 3.39. The van der Waals surface area contributed by atoms with Crippen LogP contribution in [0.3, 0.4) is 0 Å². The van der Waals surface area contributed by atoms with Gasteiger partial charge < -0.3 is 14.8 Å². The van der Waals surface area contributed by atoms with Crippen LogP contribution >= 0.6 is 0 Å². The van der Waals surface area contributed by atoms with Crippen LogP contribution in [0, 0.1) is 6.92 Å². The molecule has 0 aromatic heterocycles. The van der Waals surface area contributed by atoms with Gasteiger partial charge in [-0.15, -0.1) is 0 Å². The molecule has 1 aliphatic heterocycles. The van der Waals surface area contributed by atoms with Crippen molar-refractivity contribution >= 4 is 0 Å². The van der Waals surface area contributed by atoms with E-state index in [1.807, 2.05) is 0 Å². The number of hydrogen-bond donors (Lipinski definition) is 1. The number of piperidine rings is 1. The molecule has 1 aromatic carbocycles. The lowest BCUT2D eigenvalue weighted by Crippen LogP contribution is -2.26. The summed E-state index contributed by atoms with van der Waals surface area (Å²) in [6, 6.07) is 4.20. The monoisotopic (exact) mass is 235 g/mol. The van der Waals surface area contributed by atoms with E-state index in [-0.39, 0.29) is 0 Å². The van der Waals surface area contributed by atoms with Gasteiger partial charge in [0.1, 0.15) is 11.5 Å². The molecule has 3 heteroatoms. The third kappa shape index (κ3) is 2.39. The molecule has 0 aliphatic carbocycles. The predicted molar refractivity (Wildman–Crippen MR) is 69.1 cm³/mol. The second-order valence-electron chi connectivity index (χ2n) is 4.54. The molecule has 0 amide bonds. The van der Waals surface area contributed by atoms with Crippen LogP contribution in [0.1, 0.15) is 29.9 Å². The van der Waals surface area contributed by atoms with Gasteiger partial charge in [-0.1, -0.05) is 6.07 Å². The Balaban J connectivity index is 2.35. The minimum Gasteiger partial charge on any atom is -0.496 e. The highest BCUT2D eigenvalue weighted by Gasteiger charge is 2.21. The van der Waals surface area contributed by atoms with Crippen molar-refractivity contribution in [2.75, 3.05) is 27.3 Å². The smallest absolute Gasteiger partial charge is 0.128 e. The maximum absolute atomic E-state index is 5.57. The van der Waals surface area contributed by atoms with Gasteiger partial charge >= 0.3 is 0 Å². The van der Waals surface area contributed by atoms with Crippen LogP contribution in [-0.4, -0.2) is 27.3 Å². The van der Waals surface area contributed by atoms with Crippen LogP contribution in [0.2, 0.25) is 0 Å². The lowest BCUT2D eigenvalue weighted by atomic mass is 9.88. The van der Waals surface area contributed by atoms with E-state index >= 15 is 0 Å². The van der Waals surface area contributed by atoms with Gasteiger partial charge in [-0.3, -0.25) is 0 Å². The summed E-state index contributed by atoms with van der Waals surface area (Å²) < 4.78 is 10.9. The quantitative estimate of drug-likeness (QED) is 0.873. The zero-order valence-corrected chi connectivity index (χ0v) is 10.9. The Morgan fingerprint density at radius 1 is 1.12 bits per heavy atom. The Bertz CT molecular complexity index is 384. The highest BCUT2D eigenvalue weighted by atomic mass is 16.5. The summed E-state index contributed by atoms with van der Waals surface area (Å²) in [4.78, 5) is 0. The van der Waals surface area contributed by atoms with E-state index in [4.69, 9.17) is 9.47 Å². The lowest BCUT2D eigenvalue weighted by Gasteiger charge is -2.25. The SMILES string of the molecule is COc1ccc(C2CCNCC2)c(OC)c1C. The largest absolute Gasteiger partial charge is 0.496 e. The fourth-order valence-electron chi connectivity index (χ4n) is 2.64. The number of rotatable bonds is 3. The van der Waals surface area contributed by atoms with Crippen LogP contribution in [0.15, 0.2) is 12.1 Å². The molecule has 94 valence electrons. The van der Waals surface area contributed by atoms with Gasteiger partial charge in [-0.05, 0) is 50.4 Å². The molecule has 0 radical (unpaired) electrons. The molecule has 3 nitrogen and oxygen atoms in total. The maximum Gasteiger partial charge on any atom is 0.128 e. The van der Waals surface area contributed by atoms with Crippen LogP contribution in [0.4, 0.5) is 0 Å². The van der Waals surface area contributed by atoms with Crippen LogP contribution < -0.4 is 14.8 Å². The van der Waals surface area contributed by atoms with E-state index in [1.165, 1.54) is 18.4 Å². The van der Waals surface area contributed by atoms with Crippen LogP contribution in [0.5, 0.6) is 11.5 Å². The van der Waals surface area contributed by atoms with Crippen molar-refractivity contribution in [1.29, 1.82) is 0 Å². The first-order valence-corrected chi connectivity index (χ1v) is 6.20. The lowest BCUT2D eigenvalue weighted by molar-refractivity contribution is 0.375. The second kappa shape index (κ2) is 5.41. The summed E-state index contributed by atoms with van der Waals surface area (Å²) in [6.45, 7) is 4.25. The minimum atomic E-state index is 0.607. The standard InChI is InChI=1S/C14H21NO2/c1-10-13(16-2)5-4-12(14(10)17-3)11-6-8-15-9-7-11/h4-5,11,15H,6-9H2,1-3H3. The zero-order valence-electron chi connectivity index (χ0n) is 10.9. The molecular formula is C14H21NO2. The molecule has 17 heavy (non-hydrogen) atoms. The first-order valence-electron chi connectivity index (χ1n) is 6.20. The van der Waals surface area contributed by atoms with Crippen LogP contribution in [-0.2, 0) is 0 Å². The van der Waals surface area contributed by atoms with Gasteiger partial charge in [0.15, 0.2) is 0 Å². The molecule has 2 rings (SSSR count). The van der Waals surface area contributed by atoms with E-state index in [0.717, 1.165) is 30.2 Å². The Labute approximate surface area is 103 Å². The summed E-state index contributed by atoms with van der Waals surface area (Å²) in [7, 11) is 3.44. The second-order valence-corrected chi connectivity index (χ2v) is 4.54. The summed E-state index contributed by atoms with van der Waals surface area (Å²) >= 11 is 0. The van der Waals surface area contributed by atoms with Crippen LogP contribution in [0.25, 0.3) is 0 Å². The zero-order chi connectivity index (χ0) is 12.3. The van der Waals surface area contributed by atoms with E-state index in [2.05, 4.69) is 24.4 Å². The molecule has 0 spiro atoms. The third-order valence-corrected chi connectivity index (χ3v) is 3.59. The van der Waals surface area contributed by atoms with Crippen molar-refractivity contribution in [2.45, 2.75) is 25.7 Å². The van der Waals surface area contributed by atoms with Gasteiger partial charge in [0.05, 0.1) is 14.2 Å². The molecule has 1 N–H and O–H groups in total. The maximum atomic E-state index is 5.57. The van der Waals surface area contributed by atoms with Gasteiger partial charge in [-0.25, -0.2) is 0 Å². The van der Waals surface area contributed by atoms with Crippen molar-refractivity contribution in [1.82, 2.24) is 5.32 Å². The highest BCUT2D eigenvalue weighted by Crippen LogP contribution is 2.38. The normalized spacial score (nSPS) is 16.9. The van der Waals surface area contributed by atoms with E-state index in [1.54, 1.807) is 14.2 Å². The Hall–Kier alpha value is -1.22. The van der Waals surface area contributed by atoms with E-state index in [0.29, 0.717) is 5.92 Å². The Morgan fingerprint density at radius 2 is 1.82 bits per heavy atom. The predicted octanol–water partition coefficient (Wildman–Crippen LogP) is 2.48. The van der Waals surface area contributed by atoms with Gasteiger partial charge in [0.2, 0.25) is 0 Å². The first kappa shape index (κ1) is 12.2. The van der Waals surface area contributed by atoms with Crippen molar-refractivity contribution in [3.05, 3.63) is 23.3 Å². The number of ether oxygens (including phenoxy) is 2. The molecule has 1 heterocycles. The van der Waals surface area contributed by atoms with Gasteiger partial charge in [0.25, 0.3) is 0 Å². The van der Waals surface area contributed by atoms with Gasteiger partial charge in [0, 0.05) is 5.56 Å². The van der Waals surface area contributed by atoms with Gasteiger partial charge in [-0.2, -0.15) is 0 Å². The van der Waals surface area contributed by atoms with E-state index in [9.17, 15) is 0 Å². The molecule has 0 saturated carbocycles. The summed E-state index contributed by atoms with van der Waals surface area (Å²) in [6.07, 6.45) is 2.37. The van der Waals surface area contributed by atoms with E-state index < -0.39 is 0 Å². The third-order valence-electron chi connectivity index (χ3n) is 3.59. The van der Waals surface area contributed by atoms with Crippen molar-refractivity contribution in [3.8, 4) is 11.5 Å². The number of methoxy groups -OCH3 is 2. The molecule has 1 saturated heterocycles. The summed E-state index contributed by atoms with van der Waals surface area (Å²) in [5.74, 6) is 2.51. The fourth-order valence-corrected chi connectivity index (χ4v) is 2.64. The number of benzene rings is 1. The summed E-state index contributed by atoms with van der Waals surface area (Å²) in [5.41, 5.74) is 2.43. The Kier molecular flexibility index (Phi) is 3.89. The number of hydrogen-bond acceptors (Lipinski definition) is 3. The Morgan fingerprint density at radius 3 is 2.41 bits per heavy atom. The van der Waals surface area contributed by atoms with Crippen molar-refractivity contribution < 1.29 is 9.47 Å². The molecule has 1 aromatic rings. The molecule has 1 fully saturated rings. The van der Waals surface area contributed by atoms with Crippen molar-refractivity contribution in [3.63, 3.8) is 0 Å². The highest BCUT2D eigenvalue weighted by molar-refractivity contribution is 5.50. The average molecular weight is 235 g/mol. The molecule has 1 aliphatic rings. The number of nitrogens with one attached hydrogen (secondary N) is 1. The molecular weight excluding hydrogens is 214 g/mol.